The Hall–Kier alpha value is -0.710. The zero-order chi connectivity index (χ0) is 12.3. The van der Waals surface area contributed by atoms with Gasteiger partial charge in [0.1, 0.15) is 0 Å². The van der Waals surface area contributed by atoms with Gasteiger partial charge in [-0.3, -0.25) is 4.98 Å². The van der Waals surface area contributed by atoms with E-state index in [1.54, 1.807) is 11.3 Å². The lowest BCUT2D eigenvalue weighted by Gasteiger charge is -2.17. The van der Waals surface area contributed by atoms with Gasteiger partial charge in [0.25, 0.3) is 0 Å². The fourth-order valence-corrected chi connectivity index (χ4v) is 3.02. The maximum Gasteiger partial charge on any atom is 0.0771 e. The maximum atomic E-state index is 4.48. The number of halogens is 1. The summed E-state index contributed by atoms with van der Waals surface area (Å²) < 4.78 is 1.05. The van der Waals surface area contributed by atoms with Crippen LogP contribution in [0.3, 0.4) is 0 Å². The van der Waals surface area contributed by atoms with Crippen LogP contribution in [0.5, 0.6) is 0 Å². The Bertz CT molecular complexity index is 496. The quantitative estimate of drug-likeness (QED) is 0.926. The van der Waals surface area contributed by atoms with Crippen molar-refractivity contribution in [2.45, 2.75) is 19.9 Å². The van der Waals surface area contributed by atoms with Crippen molar-refractivity contribution in [2.75, 3.05) is 6.54 Å². The number of hydrogen-bond donors (Lipinski definition) is 1. The molecule has 4 heteroatoms. The second-order valence-corrected chi connectivity index (χ2v) is 5.82. The molecule has 0 aromatic carbocycles. The number of thiophene rings is 1. The number of nitrogens with one attached hydrogen (secondary N) is 1. The molecule has 1 atom stereocenters. The van der Waals surface area contributed by atoms with E-state index in [1.165, 1.54) is 10.4 Å². The van der Waals surface area contributed by atoms with Crippen LogP contribution in [0.15, 0.2) is 34.2 Å². The summed E-state index contributed by atoms with van der Waals surface area (Å²) in [5.41, 5.74) is 2.33. The number of nitrogens with zero attached hydrogens (tertiary/aromatic N) is 1. The highest BCUT2D eigenvalue weighted by Crippen LogP contribution is 2.29. The van der Waals surface area contributed by atoms with Gasteiger partial charge in [-0.1, -0.05) is 6.92 Å². The first-order valence-corrected chi connectivity index (χ1v) is 7.28. The average molecular weight is 311 g/mol. The largest absolute Gasteiger partial charge is 0.305 e. The second kappa shape index (κ2) is 5.76. The van der Waals surface area contributed by atoms with Crippen LogP contribution in [0.25, 0.3) is 0 Å². The molecule has 90 valence electrons. The Kier molecular flexibility index (Phi) is 4.31. The molecule has 2 rings (SSSR count). The molecular formula is C13H15BrN2S. The van der Waals surface area contributed by atoms with Crippen molar-refractivity contribution in [1.29, 1.82) is 0 Å². The number of hydrogen-bond acceptors (Lipinski definition) is 3. The Balaban J connectivity index is 2.39. The Labute approximate surface area is 114 Å². The third-order valence-electron chi connectivity index (χ3n) is 2.55. The molecule has 0 bridgehead atoms. The second-order valence-electron chi connectivity index (χ2n) is 3.85. The lowest BCUT2D eigenvalue weighted by Crippen LogP contribution is -2.22. The first-order valence-electron chi connectivity index (χ1n) is 5.61. The molecule has 2 heterocycles. The van der Waals surface area contributed by atoms with Crippen LogP contribution in [0.4, 0.5) is 0 Å². The van der Waals surface area contributed by atoms with E-state index >= 15 is 0 Å². The molecule has 1 N–H and O–H groups in total. The Morgan fingerprint density at radius 3 is 2.94 bits per heavy atom. The lowest BCUT2D eigenvalue weighted by molar-refractivity contribution is 0.614. The van der Waals surface area contributed by atoms with Crippen molar-refractivity contribution in [3.05, 3.63) is 50.4 Å². The van der Waals surface area contributed by atoms with Crippen molar-refractivity contribution < 1.29 is 0 Å². The summed E-state index contributed by atoms with van der Waals surface area (Å²) in [7, 11) is 0. The fraction of sp³-hybridized carbons (Fsp3) is 0.308. The molecule has 0 aliphatic carbocycles. The van der Waals surface area contributed by atoms with E-state index in [9.17, 15) is 0 Å². The minimum absolute atomic E-state index is 0.167. The third-order valence-corrected chi connectivity index (χ3v) is 4.10. The minimum atomic E-state index is 0.167. The van der Waals surface area contributed by atoms with Gasteiger partial charge in [-0.15, -0.1) is 11.3 Å². The summed E-state index contributed by atoms with van der Waals surface area (Å²) in [4.78, 5) is 5.81. The predicted molar refractivity (Wildman–Crippen MR) is 76.5 cm³/mol. The van der Waals surface area contributed by atoms with Crippen LogP contribution in [0, 0.1) is 6.92 Å². The fourth-order valence-electron chi connectivity index (χ4n) is 1.80. The summed E-state index contributed by atoms with van der Waals surface area (Å²) in [5.74, 6) is 0. The van der Waals surface area contributed by atoms with Crippen LogP contribution >= 0.6 is 27.3 Å². The number of rotatable bonds is 4. The van der Waals surface area contributed by atoms with Gasteiger partial charge in [-0.25, -0.2) is 0 Å². The average Bonchev–Trinajstić information content (AvgIpc) is 2.74. The van der Waals surface area contributed by atoms with Gasteiger partial charge < -0.3 is 5.32 Å². The summed E-state index contributed by atoms with van der Waals surface area (Å²) in [6, 6.07) is 6.36. The molecule has 0 aliphatic heterocycles. The smallest absolute Gasteiger partial charge is 0.0771 e. The Morgan fingerprint density at radius 1 is 1.53 bits per heavy atom. The van der Waals surface area contributed by atoms with Crippen molar-refractivity contribution in [3.63, 3.8) is 0 Å². The molecular weight excluding hydrogens is 296 g/mol. The summed E-state index contributed by atoms with van der Waals surface area (Å²) >= 11 is 5.35. The highest BCUT2D eigenvalue weighted by Gasteiger charge is 2.17. The molecule has 0 saturated carbocycles. The molecule has 0 fully saturated rings. The number of aromatic nitrogens is 1. The SMILES string of the molecule is CCNC(c1csc(C)c1)c1ncccc1Br. The normalized spacial score (nSPS) is 12.6. The van der Waals surface area contributed by atoms with Crippen LogP contribution in [-0.4, -0.2) is 11.5 Å². The van der Waals surface area contributed by atoms with Gasteiger partial charge in [0.15, 0.2) is 0 Å². The molecule has 2 aromatic heterocycles. The zero-order valence-corrected chi connectivity index (χ0v) is 12.3. The van der Waals surface area contributed by atoms with Gasteiger partial charge in [-0.05, 0) is 58.5 Å². The highest BCUT2D eigenvalue weighted by molar-refractivity contribution is 9.10. The van der Waals surface area contributed by atoms with Crippen molar-refractivity contribution in [2.24, 2.45) is 0 Å². The van der Waals surface area contributed by atoms with E-state index in [0.29, 0.717) is 0 Å². The first-order chi connectivity index (χ1) is 8.22. The van der Waals surface area contributed by atoms with Gasteiger partial charge >= 0.3 is 0 Å². The maximum absolute atomic E-state index is 4.48. The van der Waals surface area contributed by atoms with Crippen LogP contribution in [-0.2, 0) is 0 Å². The van der Waals surface area contributed by atoms with Crippen molar-refractivity contribution >= 4 is 27.3 Å². The van der Waals surface area contributed by atoms with Crippen molar-refractivity contribution in [3.8, 4) is 0 Å². The standard InChI is InChI=1S/C13H15BrN2S/c1-3-15-12(10-7-9(2)17-8-10)13-11(14)5-4-6-16-13/h4-8,12,15H,3H2,1-2H3. The van der Waals surface area contributed by atoms with Gasteiger partial charge in [0.2, 0.25) is 0 Å². The monoisotopic (exact) mass is 310 g/mol. The van der Waals surface area contributed by atoms with E-state index in [-0.39, 0.29) is 6.04 Å². The van der Waals surface area contributed by atoms with Crippen molar-refractivity contribution in [1.82, 2.24) is 10.3 Å². The molecule has 1 unspecified atom stereocenters. The van der Waals surface area contributed by atoms with Gasteiger partial charge in [0, 0.05) is 15.5 Å². The molecule has 0 spiro atoms. The summed E-state index contributed by atoms with van der Waals surface area (Å²) in [5, 5.41) is 5.68. The third kappa shape index (κ3) is 2.94. The minimum Gasteiger partial charge on any atom is -0.305 e. The topological polar surface area (TPSA) is 24.9 Å². The molecule has 0 amide bonds. The van der Waals surface area contributed by atoms with Gasteiger partial charge in [0.05, 0.1) is 11.7 Å². The predicted octanol–water partition coefficient (Wildman–Crippen LogP) is 3.91. The van der Waals surface area contributed by atoms with E-state index in [2.05, 4.69) is 51.5 Å². The molecule has 0 aliphatic rings. The molecule has 17 heavy (non-hydrogen) atoms. The van der Waals surface area contributed by atoms with E-state index < -0.39 is 0 Å². The van der Waals surface area contributed by atoms with Crippen LogP contribution in [0.1, 0.15) is 29.1 Å². The molecule has 2 aromatic rings. The zero-order valence-electron chi connectivity index (χ0n) is 9.90. The highest BCUT2D eigenvalue weighted by atomic mass is 79.9. The number of aryl methyl sites for hydroxylation is 1. The lowest BCUT2D eigenvalue weighted by atomic mass is 10.1. The first kappa shape index (κ1) is 12.7. The van der Waals surface area contributed by atoms with Crippen LogP contribution < -0.4 is 5.32 Å². The van der Waals surface area contributed by atoms with E-state index in [1.807, 2.05) is 18.3 Å². The van der Waals surface area contributed by atoms with Gasteiger partial charge in [-0.2, -0.15) is 0 Å². The van der Waals surface area contributed by atoms with Crippen LogP contribution in [0.2, 0.25) is 0 Å². The summed E-state index contributed by atoms with van der Waals surface area (Å²) in [6.45, 7) is 5.16. The molecule has 0 radical (unpaired) electrons. The number of pyridine rings is 1. The van der Waals surface area contributed by atoms with E-state index in [0.717, 1.165) is 16.7 Å². The summed E-state index contributed by atoms with van der Waals surface area (Å²) in [6.07, 6.45) is 1.84. The molecule has 0 saturated heterocycles. The Morgan fingerprint density at radius 2 is 2.35 bits per heavy atom. The van der Waals surface area contributed by atoms with E-state index in [4.69, 9.17) is 0 Å². The molecule has 2 nitrogen and oxygen atoms in total.